The molecule has 1 N–H and O–H groups in total. The van der Waals surface area contributed by atoms with Gasteiger partial charge in [-0.15, -0.1) is 11.3 Å². The van der Waals surface area contributed by atoms with Crippen LogP contribution in [-0.4, -0.2) is 28.1 Å². The summed E-state index contributed by atoms with van der Waals surface area (Å²) in [5, 5.41) is 12.3. The molecule has 0 saturated heterocycles. The summed E-state index contributed by atoms with van der Waals surface area (Å²) in [7, 11) is 0. The van der Waals surface area contributed by atoms with Crippen LogP contribution >= 0.6 is 11.3 Å². The lowest BCUT2D eigenvalue weighted by molar-refractivity contribution is -0.136. The minimum Gasteiger partial charge on any atom is -0.389 e. The molecule has 100 valence electrons. The van der Waals surface area contributed by atoms with Gasteiger partial charge in [0, 0.05) is 11.4 Å². The molecule has 0 radical (unpaired) electrons. The molecule has 18 heavy (non-hydrogen) atoms. The Morgan fingerprint density at radius 3 is 2.78 bits per heavy atom. The van der Waals surface area contributed by atoms with Crippen molar-refractivity contribution in [2.24, 2.45) is 0 Å². The Kier molecular flexibility index (Phi) is 4.40. The minimum atomic E-state index is -0.736. The van der Waals surface area contributed by atoms with E-state index in [1.165, 1.54) is 4.88 Å². The fraction of sp³-hybridized carbons (Fsp3) is 0.643. The molecule has 1 fully saturated rings. The SMILES string of the molecule is CCN(Cc1cccs1)C(=O)CC1(O)CCCC1. The van der Waals surface area contributed by atoms with Crippen LogP contribution in [0.15, 0.2) is 17.5 Å². The van der Waals surface area contributed by atoms with E-state index in [0.717, 1.165) is 25.7 Å². The lowest BCUT2D eigenvalue weighted by atomic mass is 9.97. The van der Waals surface area contributed by atoms with Crippen molar-refractivity contribution in [2.75, 3.05) is 6.54 Å². The lowest BCUT2D eigenvalue weighted by Gasteiger charge is -2.26. The van der Waals surface area contributed by atoms with Gasteiger partial charge in [-0.3, -0.25) is 4.79 Å². The van der Waals surface area contributed by atoms with E-state index in [1.807, 2.05) is 29.3 Å². The second kappa shape index (κ2) is 5.85. The van der Waals surface area contributed by atoms with Crippen molar-refractivity contribution in [3.63, 3.8) is 0 Å². The molecule has 0 aliphatic heterocycles. The highest BCUT2D eigenvalue weighted by Gasteiger charge is 2.34. The summed E-state index contributed by atoms with van der Waals surface area (Å²) in [6.07, 6.45) is 3.92. The number of hydrogen-bond acceptors (Lipinski definition) is 3. The third-order valence-electron chi connectivity index (χ3n) is 3.68. The quantitative estimate of drug-likeness (QED) is 0.891. The predicted octanol–water partition coefficient (Wildman–Crippen LogP) is 2.79. The number of hydrogen-bond donors (Lipinski definition) is 1. The maximum atomic E-state index is 12.2. The zero-order chi connectivity index (χ0) is 13.0. The number of amides is 1. The maximum absolute atomic E-state index is 12.2. The summed E-state index contributed by atoms with van der Waals surface area (Å²) in [6.45, 7) is 3.36. The summed E-state index contributed by atoms with van der Waals surface area (Å²) in [4.78, 5) is 15.3. The molecule has 0 bridgehead atoms. The van der Waals surface area contributed by atoms with Crippen LogP contribution in [0, 0.1) is 0 Å². The van der Waals surface area contributed by atoms with Gasteiger partial charge in [-0.2, -0.15) is 0 Å². The monoisotopic (exact) mass is 267 g/mol. The smallest absolute Gasteiger partial charge is 0.225 e. The summed E-state index contributed by atoms with van der Waals surface area (Å²) in [5.41, 5.74) is -0.736. The van der Waals surface area contributed by atoms with E-state index < -0.39 is 5.60 Å². The van der Waals surface area contributed by atoms with Gasteiger partial charge in [0.15, 0.2) is 0 Å². The van der Waals surface area contributed by atoms with E-state index in [2.05, 4.69) is 0 Å². The first-order chi connectivity index (χ1) is 8.63. The van der Waals surface area contributed by atoms with E-state index in [9.17, 15) is 9.90 Å². The highest BCUT2D eigenvalue weighted by Crippen LogP contribution is 2.33. The van der Waals surface area contributed by atoms with E-state index in [-0.39, 0.29) is 12.3 Å². The van der Waals surface area contributed by atoms with Gasteiger partial charge in [0.05, 0.1) is 18.6 Å². The third-order valence-corrected chi connectivity index (χ3v) is 4.54. The Balaban J connectivity index is 1.93. The molecule has 1 amide bonds. The number of carbonyl (C=O) groups excluding carboxylic acids is 1. The van der Waals surface area contributed by atoms with Crippen molar-refractivity contribution >= 4 is 17.2 Å². The van der Waals surface area contributed by atoms with Gasteiger partial charge in [-0.05, 0) is 31.2 Å². The highest BCUT2D eigenvalue weighted by atomic mass is 32.1. The van der Waals surface area contributed by atoms with Gasteiger partial charge in [-0.1, -0.05) is 18.9 Å². The van der Waals surface area contributed by atoms with Gasteiger partial charge >= 0.3 is 0 Å². The summed E-state index contributed by atoms with van der Waals surface area (Å²) >= 11 is 1.67. The molecule has 0 atom stereocenters. The summed E-state index contributed by atoms with van der Waals surface area (Å²) in [6, 6.07) is 4.05. The molecule has 2 rings (SSSR count). The molecule has 1 aliphatic carbocycles. The van der Waals surface area contributed by atoms with Gasteiger partial charge in [0.25, 0.3) is 0 Å². The van der Waals surface area contributed by atoms with E-state index >= 15 is 0 Å². The average Bonchev–Trinajstić information content (AvgIpc) is 2.97. The van der Waals surface area contributed by atoms with Crippen LogP contribution in [0.3, 0.4) is 0 Å². The van der Waals surface area contributed by atoms with Crippen molar-refractivity contribution in [3.8, 4) is 0 Å². The van der Waals surface area contributed by atoms with Crippen molar-refractivity contribution < 1.29 is 9.90 Å². The van der Waals surface area contributed by atoms with Crippen LogP contribution in [0.1, 0.15) is 43.9 Å². The van der Waals surface area contributed by atoms with E-state index in [1.54, 1.807) is 11.3 Å². The molecule has 0 aromatic carbocycles. The molecular formula is C14H21NO2S. The van der Waals surface area contributed by atoms with Crippen molar-refractivity contribution in [2.45, 2.75) is 51.2 Å². The fourth-order valence-corrected chi connectivity index (χ4v) is 3.29. The van der Waals surface area contributed by atoms with Crippen LogP contribution in [0.4, 0.5) is 0 Å². The molecule has 1 aliphatic rings. The highest BCUT2D eigenvalue weighted by molar-refractivity contribution is 7.09. The summed E-state index contributed by atoms with van der Waals surface area (Å²) in [5.74, 6) is 0.0790. The average molecular weight is 267 g/mol. The zero-order valence-electron chi connectivity index (χ0n) is 10.9. The Bertz CT molecular complexity index is 383. The molecular weight excluding hydrogens is 246 g/mol. The Hall–Kier alpha value is -0.870. The normalized spacial score (nSPS) is 17.9. The van der Waals surface area contributed by atoms with Crippen molar-refractivity contribution in [1.29, 1.82) is 0 Å². The van der Waals surface area contributed by atoms with Gasteiger partial charge in [0.2, 0.25) is 5.91 Å². The number of rotatable bonds is 5. The molecule has 1 aromatic heterocycles. The largest absolute Gasteiger partial charge is 0.389 e. The zero-order valence-corrected chi connectivity index (χ0v) is 11.7. The standard InChI is InChI=1S/C14H21NO2S/c1-2-15(11-12-6-5-9-18-12)13(16)10-14(17)7-3-4-8-14/h5-6,9,17H,2-4,7-8,10-11H2,1H3. The topological polar surface area (TPSA) is 40.5 Å². The third kappa shape index (κ3) is 3.33. The molecule has 0 spiro atoms. The minimum absolute atomic E-state index is 0.0790. The Labute approximate surface area is 112 Å². The first kappa shape index (κ1) is 13.6. The Morgan fingerprint density at radius 2 is 2.22 bits per heavy atom. The second-order valence-corrected chi connectivity index (χ2v) is 6.13. The van der Waals surface area contributed by atoms with Gasteiger partial charge in [-0.25, -0.2) is 0 Å². The van der Waals surface area contributed by atoms with E-state index in [4.69, 9.17) is 0 Å². The molecule has 3 nitrogen and oxygen atoms in total. The van der Waals surface area contributed by atoms with Crippen LogP contribution in [0.5, 0.6) is 0 Å². The van der Waals surface area contributed by atoms with Crippen LogP contribution < -0.4 is 0 Å². The van der Waals surface area contributed by atoms with Crippen LogP contribution in [0.2, 0.25) is 0 Å². The van der Waals surface area contributed by atoms with Crippen LogP contribution in [0.25, 0.3) is 0 Å². The molecule has 1 saturated carbocycles. The maximum Gasteiger partial charge on any atom is 0.225 e. The second-order valence-electron chi connectivity index (χ2n) is 5.10. The lowest BCUT2D eigenvalue weighted by Crippen LogP contribution is -2.37. The van der Waals surface area contributed by atoms with Crippen molar-refractivity contribution in [3.05, 3.63) is 22.4 Å². The van der Waals surface area contributed by atoms with E-state index in [0.29, 0.717) is 13.1 Å². The number of thiophene rings is 1. The first-order valence-corrected chi connectivity index (χ1v) is 7.53. The van der Waals surface area contributed by atoms with Crippen molar-refractivity contribution in [1.82, 2.24) is 4.90 Å². The van der Waals surface area contributed by atoms with Gasteiger partial charge in [0.1, 0.15) is 0 Å². The van der Waals surface area contributed by atoms with Crippen LogP contribution in [-0.2, 0) is 11.3 Å². The Morgan fingerprint density at radius 1 is 1.50 bits per heavy atom. The molecule has 1 aromatic rings. The molecule has 1 heterocycles. The van der Waals surface area contributed by atoms with Gasteiger partial charge < -0.3 is 10.0 Å². The number of nitrogens with zero attached hydrogens (tertiary/aromatic N) is 1. The predicted molar refractivity (Wildman–Crippen MR) is 73.4 cm³/mol. The molecule has 4 heteroatoms. The number of aliphatic hydroxyl groups is 1. The summed E-state index contributed by atoms with van der Waals surface area (Å²) < 4.78 is 0. The molecule has 0 unspecified atom stereocenters. The first-order valence-electron chi connectivity index (χ1n) is 6.65. The number of carbonyl (C=O) groups is 1. The fourth-order valence-electron chi connectivity index (χ4n) is 2.57.